The molecule has 0 saturated heterocycles. The molecule has 5 nitrogen and oxygen atoms in total. The molecular weight excluding hydrogens is 326 g/mol. The number of nitrogens with zero attached hydrogens (tertiary/aromatic N) is 3. The summed E-state index contributed by atoms with van der Waals surface area (Å²) in [5.74, 6) is 1.40. The molecule has 1 aromatic carbocycles. The Morgan fingerprint density at radius 1 is 1.15 bits per heavy atom. The number of aryl methyl sites for hydroxylation is 1. The summed E-state index contributed by atoms with van der Waals surface area (Å²) in [7, 11) is 0. The lowest BCUT2D eigenvalue weighted by molar-refractivity contribution is -0.133. The second-order valence-corrected chi connectivity index (χ2v) is 6.13. The van der Waals surface area contributed by atoms with Crippen LogP contribution in [-0.2, 0) is 11.2 Å². The van der Waals surface area contributed by atoms with Crippen molar-refractivity contribution >= 4 is 5.91 Å². The number of hydrogen-bond donors (Lipinski definition) is 0. The van der Waals surface area contributed by atoms with E-state index in [-0.39, 0.29) is 11.9 Å². The second kappa shape index (κ2) is 8.43. The van der Waals surface area contributed by atoms with Crippen molar-refractivity contribution in [1.29, 1.82) is 0 Å². The number of pyridine rings is 1. The molecule has 5 heteroatoms. The van der Waals surface area contributed by atoms with E-state index in [0.717, 1.165) is 16.9 Å². The zero-order chi connectivity index (χ0) is 18.4. The van der Waals surface area contributed by atoms with E-state index < -0.39 is 0 Å². The first kappa shape index (κ1) is 17.9. The highest BCUT2D eigenvalue weighted by molar-refractivity contribution is 5.76. The fraction of sp³-hybridized carbons (Fsp3) is 0.286. The van der Waals surface area contributed by atoms with Gasteiger partial charge in [-0.15, -0.1) is 0 Å². The molecule has 0 aliphatic rings. The monoisotopic (exact) mass is 349 g/mol. The maximum Gasteiger partial charge on any atom is 0.223 e. The van der Waals surface area contributed by atoms with Crippen molar-refractivity contribution in [1.82, 2.24) is 14.9 Å². The van der Waals surface area contributed by atoms with Crippen molar-refractivity contribution in [3.63, 3.8) is 0 Å². The van der Waals surface area contributed by atoms with E-state index in [0.29, 0.717) is 25.3 Å². The Balaban J connectivity index is 1.62. The summed E-state index contributed by atoms with van der Waals surface area (Å²) in [6.07, 6.45) is 6.11. The molecule has 0 bridgehead atoms. The van der Waals surface area contributed by atoms with Crippen molar-refractivity contribution in [3.8, 4) is 11.3 Å². The number of amides is 1. The largest absolute Gasteiger partial charge is 0.441 e. The normalized spacial score (nSPS) is 11.9. The highest BCUT2D eigenvalue weighted by atomic mass is 16.4. The fourth-order valence-electron chi connectivity index (χ4n) is 2.99. The number of benzene rings is 1. The Kier molecular flexibility index (Phi) is 5.79. The van der Waals surface area contributed by atoms with Gasteiger partial charge in [-0.05, 0) is 25.5 Å². The maximum absolute atomic E-state index is 12.7. The van der Waals surface area contributed by atoms with Gasteiger partial charge in [0.25, 0.3) is 0 Å². The van der Waals surface area contributed by atoms with E-state index in [1.165, 1.54) is 0 Å². The highest BCUT2D eigenvalue weighted by Gasteiger charge is 2.20. The molecule has 0 N–H and O–H groups in total. The van der Waals surface area contributed by atoms with Crippen LogP contribution in [0.1, 0.15) is 37.8 Å². The molecule has 0 radical (unpaired) electrons. The van der Waals surface area contributed by atoms with Gasteiger partial charge >= 0.3 is 0 Å². The van der Waals surface area contributed by atoms with Gasteiger partial charge in [0.2, 0.25) is 5.91 Å². The topological polar surface area (TPSA) is 59.2 Å². The summed E-state index contributed by atoms with van der Waals surface area (Å²) in [4.78, 5) is 23.0. The van der Waals surface area contributed by atoms with Gasteiger partial charge in [0.15, 0.2) is 11.7 Å². The van der Waals surface area contributed by atoms with Crippen LogP contribution < -0.4 is 0 Å². The number of carbonyl (C=O) groups is 1. The summed E-state index contributed by atoms with van der Waals surface area (Å²) in [5.41, 5.74) is 2.02. The third kappa shape index (κ3) is 4.17. The quantitative estimate of drug-likeness (QED) is 0.639. The molecule has 1 unspecified atom stereocenters. The Labute approximate surface area is 153 Å². The number of oxazole rings is 1. The van der Waals surface area contributed by atoms with E-state index in [1.54, 1.807) is 18.6 Å². The first-order valence-corrected chi connectivity index (χ1v) is 8.88. The van der Waals surface area contributed by atoms with Crippen LogP contribution >= 0.6 is 0 Å². The average molecular weight is 349 g/mol. The Bertz CT molecular complexity index is 831. The van der Waals surface area contributed by atoms with E-state index in [4.69, 9.17) is 4.42 Å². The number of hydrogen-bond acceptors (Lipinski definition) is 4. The maximum atomic E-state index is 12.7. The molecule has 0 spiro atoms. The molecule has 1 atom stereocenters. The molecule has 134 valence electrons. The molecule has 0 aliphatic heterocycles. The standard InChI is InChI=1S/C21H23N3O2/c1-3-24(16(2)18-10-7-13-22-14-18)21(25)12-11-20-23-15-19(26-20)17-8-5-4-6-9-17/h4-10,13-16H,3,11-12H2,1-2H3. The van der Waals surface area contributed by atoms with Gasteiger partial charge in [0.1, 0.15) is 0 Å². The van der Waals surface area contributed by atoms with Crippen molar-refractivity contribution in [2.24, 2.45) is 0 Å². The molecule has 2 aromatic heterocycles. The Morgan fingerprint density at radius 3 is 2.65 bits per heavy atom. The van der Waals surface area contributed by atoms with Crippen LogP contribution in [-0.4, -0.2) is 27.3 Å². The van der Waals surface area contributed by atoms with Crippen LogP contribution in [0.25, 0.3) is 11.3 Å². The lowest BCUT2D eigenvalue weighted by Gasteiger charge is -2.28. The van der Waals surface area contributed by atoms with Crippen LogP contribution in [0.15, 0.2) is 65.5 Å². The van der Waals surface area contributed by atoms with Gasteiger partial charge in [0, 0.05) is 37.3 Å². The summed E-state index contributed by atoms with van der Waals surface area (Å²) in [5, 5.41) is 0. The van der Waals surface area contributed by atoms with Crippen LogP contribution in [0.3, 0.4) is 0 Å². The predicted molar refractivity (Wildman–Crippen MR) is 100 cm³/mol. The summed E-state index contributed by atoms with van der Waals surface area (Å²) >= 11 is 0. The second-order valence-electron chi connectivity index (χ2n) is 6.13. The lowest BCUT2D eigenvalue weighted by Crippen LogP contribution is -2.33. The van der Waals surface area contributed by atoms with Gasteiger partial charge in [-0.3, -0.25) is 9.78 Å². The van der Waals surface area contributed by atoms with Crippen molar-refractivity contribution in [3.05, 3.63) is 72.5 Å². The lowest BCUT2D eigenvalue weighted by atomic mass is 10.1. The zero-order valence-electron chi connectivity index (χ0n) is 15.1. The summed E-state index contributed by atoms with van der Waals surface area (Å²) in [6.45, 7) is 4.66. The van der Waals surface area contributed by atoms with E-state index in [2.05, 4.69) is 9.97 Å². The SMILES string of the molecule is CCN(C(=O)CCc1ncc(-c2ccccc2)o1)C(C)c1cccnc1. The number of rotatable bonds is 7. The van der Waals surface area contributed by atoms with E-state index in [1.807, 2.05) is 61.2 Å². The number of carbonyl (C=O) groups excluding carboxylic acids is 1. The van der Waals surface area contributed by atoms with Gasteiger partial charge in [-0.2, -0.15) is 0 Å². The van der Waals surface area contributed by atoms with Crippen LogP contribution in [0, 0.1) is 0 Å². The van der Waals surface area contributed by atoms with Gasteiger partial charge in [0.05, 0.1) is 12.2 Å². The zero-order valence-corrected chi connectivity index (χ0v) is 15.1. The van der Waals surface area contributed by atoms with Crippen LogP contribution in [0.4, 0.5) is 0 Å². The van der Waals surface area contributed by atoms with Gasteiger partial charge in [-0.25, -0.2) is 4.98 Å². The molecule has 3 rings (SSSR count). The van der Waals surface area contributed by atoms with E-state index >= 15 is 0 Å². The molecule has 26 heavy (non-hydrogen) atoms. The molecule has 2 heterocycles. The van der Waals surface area contributed by atoms with Gasteiger partial charge in [-0.1, -0.05) is 36.4 Å². The smallest absolute Gasteiger partial charge is 0.223 e. The molecular formula is C21H23N3O2. The molecule has 0 aliphatic carbocycles. The molecule has 3 aromatic rings. The minimum atomic E-state index is -0.00867. The third-order valence-corrected chi connectivity index (χ3v) is 4.46. The summed E-state index contributed by atoms with van der Waals surface area (Å²) in [6, 6.07) is 13.7. The van der Waals surface area contributed by atoms with Crippen molar-refractivity contribution in [2.75, 3.05) is 6.54 Å². The van der Waals surface area contributed by atoms with Gasteiger partial charge < -0.3 is 9.32 Å². The van der Waals surface area contributed by atoms with Crippen molar-refractivity contribution in [2.45, 2.75) is 32.7 Å². The first-order chi connectivity index (χ1) is 12.7. The molecule has 0 saturated carbocycles. The third-order valence-electron chi connectivity index (χ3n) is 4.46. The number of aromatic nitrogens is 2. The molecule has 0 fully saturated rings. The molecule has 1 amide bonds. The fourth-order valence-corrected chi connectivity index (χ4v) is 2.99. The minimum absolute atomic E-state index is 0.00867. The average Bonchev–Trinajstić information content (AvgIpc) is 3.17. The van der Waals surface area contributed by atoms with E-state index in [9.17, 15) is 4.79 Å². The van der Waals surface area contributed by atoms with Crippen LogP contribution in [0.2, 0.25) is 0 Å². The first-order valence-electron chi connectivity index (χ1n) is 8.88. The Morgan fingerprint density at radius 2 is 1.96 bits per heavy atom. The highest BCUT2D eigenvalue weighted by Crippen LogP contribution is 2.22. The predicted octanol–water partition coefficient (Wildman–Crippen LogP) is 4.28. The Hall–Kier alpha value is -2.95. The van der Waals surface area contributed by atoms with Crippen molar-refractivity contribution < 1.29 is 9.21 Å². The minimum Gasteiger partial charge on any atom is -0.441 e. The van der Waals surface area contributed by atoms with Crippen LogP contribution in [0.5, 0.6) is 0 Å². The summed E-state index contributed by atoms with van der Waals surface area (Å²) < 4.78 is 5.79.